The first-order valence-electron chi connectivity index (χ1n) is 4.27. The molecule has 0 saturated heterocycles. The molecule has 0 aliphatic heterocycles. The van der Waals surface area contributed by atoms with Crippen LogP contribution in [-0.4, -0.2) is 12.0 Å². The lowest BCUT2D eigenvalue weighted by atomic mass is 10.6. The summed E-state index contributed by atoms with van der Waals surface area (Å²) in [5.74, 6) is 2.47. The van der Waals surface area contributed by atoms with Crippen molar-refractivity contribution in [2.24, 2.45) is 0 Å². The molecule has 1 heteroatoms. The first kappa shape index (κ1) is 10.2. The van der Waals surface area contributed by atoms with Crippen LogP contribution in [0.5, 0.6) is 0 Å². The average Bonchev–Trinajstić information content (AvgIpc) is 1.90. The lowest BCUT2D eigenvalue weighted by molar-refractivity contribution is 1.09. The molecule has 0 amide bonds. The summed E-state index contributed by atoms with van der Waals surface area (Å²) in [6.07, 6.45) is 7.68. The molecule has 0 aromatic carbocycles. The van der Waals surface area contributed by atoms with E-state index in [0.717, 1.165) is 0 Å². The van der Waals surface area contributed by atoms with Crippen LogP contribution in [0.4, 0.5) is 0 Å². The van der Waals surface area contributed by atoms with Gasteiger partial charge in [0.25, 0.3) is 0 Å². The predicted molar refractivity (Wildman–Crippen MR) is 53.0 cm³/mol. The zero-order valence-electron chi connectivity index (χ0n) is 7.43. The highest BCUT2D eigenvalue weighted by Gasteiger charge is 1.93. The Bertz CT molecular complexity index is 86.9. The van der Waals surface area contributed by atoms with Gasteiger partial charge >= 0.3 is 0 Å². The summed E-state index contributed by atoms with van der Waals surface area (Å²) < 4.78 is 0. The minimum absolute atomic E-state index is 0.189. The molecule has 0 heterocycles. The van der Waals surface area contributed by atoms with E-state index in [0.29, 0.717) is 0 Å². The molecule has 0 aromatic rings. The van der Waals surface area contributed by atoms with Crippen LogP contribution >= 0.6 is 7.55 Å². The van der Waals surface area contributed by atoms with Crippen LogP contribution in [0, 0.1) is 6.16 Å². The van der Waals surface area contributed by atoms with Crippen molar-refractivity contribution in [2.45, 2.75) is 40.0 Å². The number of rotatable bonds is 5. The molecule has 1 unspecified atom stereocenters. The molecule has 0 radical (unpaired) electrons. The Kier molecular flexibility index (Phi) is 7.40. The summed E-state index contributed by atoms with van der Waals surface area (Å²) in [7, 11) is 0.189. The van der Waals surface area contributed by atoms with Crippen molar-refractivity contribution in [3.05, 3.63) is 6.16 Å². The minimum atomic E-state index is 0.189. The Balaban J connectivity index is 3.60. The molecular formula is C9H19P. The van der Waals surface area contributed by atoms with Gasteiger partial charge < -0.3 is 0 Å². The first-order valence-corrected chi connectivity index (χ1v) is 5.94. The van der Waals surface area contributed by atoms with E-state index >= 15 is 0 Å². The predicted octanol–water partition coefficient (Wildman–Crippen LogP) is 3.66. The van der Waals surface area contributed by atoms with Crippen LogP contribution in [0.2, 0.25) is 0 Å². The van der Waals surface area contributed by atoms with Gasteiger partial charge in [0.2, 0.25) is 0 Å². The summed E-state index contributed by atoms with van der Waals surface area (Å²) in [4.78, 5) is 0. The monoisotopic (exact) mass is 158 g/mol. The standard InChI is InChI=1S/C9H19P/c1-4-7-10(8-5-2)9-6-3/h7-8H,4-6,9H2,1-3H3. The maximum atomic E-state index is 2.47. The Hall–Kier alpha value is 0.170. The largest absolute Gasteiger partial charge is 0.142 e. The van der Waals surface area contributed by atoms with Crippen molar-refractivity contribution in [2.75, 3.05) is 6.16 Å². The van der Waals surface area contributed by atoms with Crippen molar-refractivity contribution < 1.29 is 0 Å². The Labute approximate surface area is 66.4 Å². The fourth-order valence-electron chi connectivity index (χ4n) is 0.984. The lowest BCUT2D eigenvalue weighted by Crippen LogP contribution is -1.78. The van der Waals surface area contributed by atoms with E-state index < -0.39 is 0 Å². The van der Waals surface area contributed by atoms with E-state index in [1.54, 1.807) is 0 Å². The van der Waals surface area contributed by atoms with Gasteiger partial charge in [-0.05, 0) is 12.8 Å². The van der Waals surface area contributed by atoms with Gasteiger partial charge in [-0.15, -0.1) is 12.6 Å². The second-order valence-corrected chi connectivity index (χ2v) is 4.63. The van der Waals surface area contributed by atoms with E-state index in [1.807, 2.05) is 0 Å². The quantitative estimate of drug-likeness (QED) is 0.423. The second kappa shape index (κ2) is 7.28. The van der Waals surface area contributed by atoms with Gasteiger partial charge in [-0.2, -0.15) is 0 Å². The highest BCUT2D eigenvalue weighted by atomic mass is 31.1. The van der Waals surface area contributed by atoms with Gasteiger partial charge in [0.15, 0.2) is 0 Å². The summed E-state index contributed by atoms with van der Waals surface area (Å²) in [5.41, 5.74) is 0. The van der Waals surface area contributed by atoms with E-state index in [2.05, 4.69) is 32.7 Å². The average molecular weight is 158 g/mol. The second-order valence-electron chi connectivity index (χ2n) is 2.42. The highest BCUT2D eigenvalue weighted by Crippen LogP contribution is 2.28. The van der Waals surface area contributed by atoms with Crippen molar-refractivity contribution in [1.82, 2.24) is 0 Å². The van der Waals surface area contributed by atoms with Crippen molar-refractivity contribution >= 4 is 13.3 Å². The molecule has 0 rings (SSSR count). The minimum Gasteiger partial charge on any atom is -0.142 e. The molecular weight excluding hydrogens is 139 g/mol. The van der Waals surface area contributed by atoms with Gasteiger partial charge in [-0.1, -0.05) is 28.3 Å². The highest BCUT2D eigenvalue weighted by molar-refractivity contribution is 7.59. The lowest BCUT2D eigenvalue weighted by Gasteiger charge is -2.01. The van der Waals surface area contributed by atoms with Crippen molar-refractivity contribution in [1.29, 1.82) is 0 Å². The number of hydrogen-bond acceptors (Lipinski definition) is 0. The van der Waals surface area contributed by atoms with Crippen LogP contribution in [0.1, 0.15) is 40.0 Å². The van der Waals surface area contributed by atoms with Crippen LogP contribution in [0.15, 0.2) is 0 Å². The summed E-state index contributed by atoms with van der Waals surface area (Å²) >= 11 is 0. The van der Waals surface area contributed by atoms with E-state index in [4.69, 9.17) is 0 Å². The molecule has 0 aliphatic carbocycles. The van der Waals surface area contributed by atoms with E-state index in [1.165, 1.54) is 25.4 Å². The van der Waals surface area contributed by atoms with Crippen LogP contribution in [-0.2, 0) is 0 Å². The smallest absolute Gasteiger partial charge is 0.0766 e. The van der Waals surface area contributed by atoms with E-state index in [-0.39, 0.29) is 7.55 Å². The maximum Gasteiger partial charge on any atom is 0.0766 e. The van der Waals surface area contributed by atoms with Gasteiger partial charge in [0, 0.05) is 0 Å². The number of hydrogen-bond donors (Lipinski definition) is 0. The molecule has 0 spiro atoms. The van der Waals surface area contributed by atoms with Crippen LogP contribution < -0.4 is 0 Å². The third-order valence-electron chi connectivity index (χ3n) is 1.32. The Morgan fingerprint density at radius 2 is 2.00 bits per heavy atom. The molecule has 0 bridgehead atoms. The normalized spacial score (nSPS) is 12.1. The molecule has 60 valence electrons. The molecule has 1 atom stereocenters. The summed E-state index contributed by atoms with van der Waals surface area (Å²) in [6, 6.07) is 0. The fourth-order valence-corrected chi connectivity index (χ4v) is 2.95. The Morgan fingerprint density at radius 3 is 2.40 bits per heavy atom. The topological polar surface area (TPSA) is 0 Å². The van der Waals surface area contributed by atoms with Gasteiger partial charge in [-0.3, -0.25) is 0 Å². The third-order valence-corrected chi connectivity index (χ3v) is 3.95. The first-order chi connectivity index (χ1) is 4.85. The summed E-state index contributed by atoms with van der Waals surface area (Å²) in [6.45, 7) is 6.73. The third kappa shape index (κ3) is 4.99. The fraction of sp³-hybridized carbons (Fsp3) is 0.778. The molecule has 0 fully saturated rings. The Morgan fingerprint density at radius 1 is 1.30 bits per heavy atom. The van der Waals surface area contributed by atoms with Crippen LogP contribution in [0.3, 0.4) is 0 Å². The zero-order valence-corrected chi connectivity index (χ0v) is 8.32. The van der Waals surface area contributed by atoms with Gasteiger partial charge in [-0.25, -0.2) is 0 Å². The molecule has 0 nitrogen and oxygen atoms in total. The van der Waals surface area contributed by atoms with Gasteiger partial charge in [0.1, 0.15) is 0 Å². The van der Waals surface area contributed by atoms with Crippen LogP contribution in [0.25, 0.3) is 0 Å². The molecule has 0 N–H and O–H groups in total. The van der Waals surface area contributed by atoms with Crippen molar-refractivity contribution in [3.63, 3.8) is 0 Å². The van der Waals surface area contributed by atoms with Gasteiger partial charge in [0.05, 0.1) is 12.0 Å². The molecule has 0 saturated carbocycles. The maximum absolute atomic E-state index is 2.47. The SMILES string of the molecule is CC/C=[P+](/[CH-]CC)CCC. The van der Waals surface area contributed by atoms with Crippen molar-refractivity contribution in [3.8, 4) is 0 Å². The molecule has 10 heavy (non-hydrogen) atoms. The zero-order chi connectivity index (χ0) is 7.82. The van der Waals surface area contributed by atoms with E-state index in [9.17, 15) is 0 Å². The molecule has 0 aliphatic rings. The summed E-state index contributed by atoms with van der Waals surface area (Å²) in [5, 5.41) is 0. The molecule has 0 aromatic heterocycles.